The van der Waals surface area contributed by atoms with Gasteiger partial charge in [0.05, 0.1) is 26.9 Å². The predicted molar refractivity (Wildman–Crippen MR) is 120 cm³/mol. The van der Waals surface area contributed by atoms with Crippen LogP contribution in [-0.4, -0.2) is 25.9 Å². The van der Waals surface area contributed by atoms with Gasteiger partial charge in [-0.15, -0.1) is 0 Å². The Hall–Kier alpha value is -3.96. The van der Waals surface area contributed by atoms with E-state index in [1.807, 2.05) is 0 Å². The Kier molecular flexibility index (Phi) is 5.99. The molecule has 0 bridgehead atoms. The van der Waals surface area contributed by atoms with Crippen molar-refractivity contribution in [3.05, 3.63) is 96.1 Å². The molecule has 1 saturated heterocycles. The highest BCUT2D eigenvalue weighted by molar-refractivity contribution is 8.18. The van der Waals surface area contributed by atoms with E-state index >= 15 is 0 Å². The summed E-state index contributed by atoms with van der Waals surface area (Å²) in [6, 6.07) is 13.0. The van der Waals surface area contributed by atoms with Crippen LogP contribution in [0.15, 0.2) is 63.9 Å². The average molecular weight is 486 g/mol. The molecule has 0 N–H and O–H groups in total. The van der Waals surface area contributed by atoms with Gasteiger partial charge in [0.25, 0.3) is 22.5 Å². The van der Waals surface area contributed by atoms with Crippen LogP contribution in [0.4, 0.5) is 16.2 Å². The van der Waals surface area contributed by atoms with Crippen LogP contribution >= 0.6 is 23.4 Å². The third-order valence-corrected chi connectivity index (χ3v) is 5.85. The lowest BCUT2D eigenvalue weighted by Crippen LogP contribution is -2.27. The Bertz CT molecular complexity index is 1350. The van der Waals surface area contributed by atoms with E-state index in [9.17, 15) is 29.8 Å². The number of furan rings is 1. The molecular formula is C21H12ClN3O7S. The number of hydrogen-bond acceptors (Lipinski definition) is 8. The van der Waals surface area contributed by atoms with Gasteiger partial charge in [0.15, 0.2) is 0 Å². The number of amides is 2. The minimum Gasteiger partial charge on any atom is -0.456 e. The van der Waals surface area contributed by atoms with Crippen LogP contribution in [0.25, 0.3) is 17.4 Å². The standard InChI is InChI=1S/C21H12ClN3O7S/c22-13-5-7-15(17(9-13)25(30)31)18-8-6-14(32-18)10-19-20(26)23(21(27)33-19)11-12-3-1-2-4-16(12)24(28)29/h1-10H,11H2. The van der Waals surface area contributed by atoms with Gasteiger partial charge in [-0.05, 0) is 36.0 Å². The van der Waals surface area contributed by atoms with Crippen molar-refractivity contribution in [1.82, 2.24) is 4.90 Å². The number of nitro groups is 2. The molecule has 0 saturated carbocycles. The average Bonchev–Trinajstić information content (AvgIpc) is 3.34. The Labute approximate surface area is 194 Å². The van der Waals surface area contributed by atoms with Crippen molar-refractivity contribution in [1.29, 1.82) is 0 Å². The molecule has 3 aromatic rings. The van der Waals surface area contributed by atoms with E-state index in [0.717, 1.165) is 4.90 Å². The highest BCUT2D eigenvalue weighted by Gasteiger charge is 2.36. The number of benzene rings is 2. The topological polar surface area (TPSA) is 137 Å². The molecule has 0 spiro atoms. The smallest absolute Gasteiger partial charge is 0.293 e. The minimum atomic E-state index is -0.626. The molecule has 2 aromatic carbocycles. The first-order valence-electron chi connectivity index (χ1n) is 9.26. The molecule has 4 rings (SSSR count). The number of thioether (sulfide) groups is 1. The van der Waals surface area contributed by atoms with Crippen LogP contribution in [0.3, 0.4) is 0 Å². The molecule has 0 atom stereocenters. The van der Waals surface area contributed by atoms with Crippen molar-refractivity contribution in [2.24, 2.45) is 0 Å². The summed E-state index contributed by atoms with van der Waals surface area (Å²) in [5.41, 5.74) is -0.0103. The first-order chi connectivity index (χ1) is 15.7. The van der Waals surface area contributed by atoms with Crippen molar-refractivity contribution in [2.75, 3.05) is 0 Å². The third-order valence-electron chi connectivity index (χ3n) is 4.71. The summed E-state index contributed by atoms with van der Waals surface area (Å²) in [6.07, 6.45) is 1.34. The Balaban J connectivity index is 1.59. The summed E-state index contributed by atoms with van der Waals surface area (Å²) in [5.74, 6) is -0.243. The molecule has 2 amide bonds. The fourth-order valence-electron chi connectivity index (χ4n) is 3.20. The van der Waals surface area contributed by atoms with Gasteiger partial charge in [-0.2, -0.15) is 0 Å². The Morgan fingerprint density at radius 3 is 2.45 bits per heavy atom. The van der Waals surface area contributed by atoms with Gasteiger partial charge in [0.1, 0.15) is 11.5 Å². The van der Waals surface area contributed by atoms with E-state index in [2.05, 4.69) is 0 Å². The minimum absolute atomic E-state index is 0.0603. The summed E-state index contributed by atoms with van der Waals surface area (Å²) in [7, 11) is 0. The number of hydrogen-bond donors (Lipinski definition) is 0. The second-order valence-electron chi connectivity index (χ2n) is 6.77. The van der Waals surface area contributed by atoms with Crippen LogP contribution < -0.4 is 0 Å². The van der Waals surface area contributed by atoms with Crippen molar-refractivity contribution in [2.45, 2.75) is 6.54 Å². The van der Waals surface area contributed by atoms with Crippen LogP contribution in [-0.2, 0) is 11.3 Å². The maximum Gasteiger partial charge on any atom is 0.293 e. The monoisotopic (exact) mass is 485 g/mol. The van der Waals surface area contributed by atoms with Crippen LogP contribution in [0.1, 0.15) is 11.3 Å². The number of carbonyl (C=O) groups is 2. The summed E-state index contributed by atoms with van der Waals surface area (Å²) >= 11 is 6.50. The summed E-state index contributed by atoms with van der Waals surface area (Å²) in [4.78, 5) is 47.5. The summed E-state index contributed by atoms with van der Waals surface area (Å²) in [6.45, 7) is -0.250. The first-order valence-corrected chi connectivity index (χ1v) is 10.5. The van der Waals surface area contributed by atoms with E-state index < -0.39 is 21.0 Å². The van der Waals surface area contributed by atoms with E-state index in [1.54, 1.807) is 6.07 Å². The van der Waals surface area contributed by atoms with Crippen molar-refractivity contribution in [3.8, 4) is 11.3 Å². The van der Waals surface area contributed by atoms with Crippen LogP contribution in [0.2, 0.25) is 5.02 Å². The molecule has 33 heavy (non-hydrogen) atoms. The number of nitrogens with zero attached hydrogens (tertiary/aromatic N) is 3. The largest absolute Gasteiger partial charge is 0.456 e. The zero-order chi connectivity index (χ0) is 23.7. The van der Waals surface area contributed by atoms with Gasteiger partial charge in [-0.25, -0.2) is 0 Å². The van der Waals surface area contributed by atoms with Crippen LogP contribution in [0.5, 0.6) is 0 Å². The fraction of sp³-hybridized carbons (Fsp3) is 0.0476. The van der Waals surface area contributed by atoms with Gasteiger partial charge in [0.2, 0.25) is 0 Å². The zero-order valence-corrected chi connectivity index (χ0v) is 18.0. The number of halogens is 1. The highest BCUT2D eigenvalue weighted by atomic mass is 35.5. The molecule has 1 aliphatic rings. The molecule has 0 radical (unpaired) electrons. The summed E-state index contributed by atoms with van der Waals surface area (Å²) in [5, 5.41) is 22.2. The van der Waals surface area contributed by atoms with E-state index in [-0.39, 0.29) is 50.5 Å². The zero-order valence-electron chi connectivity index (χ0n) is 16.5. The van der Waals surface area contributed by atoms with Gasteiger partial charge >= 0.3 is 0 Å². The molecule has 12 heteroatoms. The van der Waals surface area contributed by atoms with E-state index in [4.69, 9.17) is 16.0 Å². The molecule has 0 unspecified atom stereocenters. The second-order valence-corrected chi connectivity index (χ2v) is 8.20. The molecule has 2 heterocycles. The maximum absolute atomic E-state index is 12.8. The number of para-hydroxylation sites is 1. The van der Waals surface area contributed by atoms with Crippen molar-refractivity contribution in [3.63, 3.8) is 0 Å². The number of imide groups is 1. The second kappa shape index (κ2) is 8.88. The van der Waals surface area contributed by atoms with E-state index in [1.165, 1.54) is 54.6 Å². The lowest BCUT2D eigenvalue weighted by Gasteiger charge is -2.12. The van der Waals surface area contributed by atoms with Crippen molar-refractivity contribution < 1.29 is 23.9 Å². The normalized spacial score (nSPS) is 14.8. The molecule has 1 fully saturated rings. The number of rotatable bonds is 6. The molecule has 1 aliphatic heterocycles. The lowest BCUT2D eigenvalue weighted by molar-refractivity contribution is -0.385. The number of nitro benzene ring substituents is 2. The fourth-order valence-corrected chi connectivity index (χ4v) is 4.18. The van der Waals surface area contributed by atoms with E-state index in [0.29, 0.717) is 11.8 Å². The molecule has 0 aliphatic carbocycles. The van der Waals surface area contributed by atoms with Crippen LogP contribution in [0, 0.1) is 20.2 Å². The predicted octanol–water partition coefficient (Wildman–Crippen LogP) is 5.65. The third kappa shape index (κ3) is 4.49. The SMILES string of the molecule is O=C1SC(=Cc2ccc(-c3ccc(Cl)cc3[N+](=O)[O-])o2)C(=O)N1Cc1ccccc1[N+](=O)[O-]. The van der Waals surface area contributed by atoms with Gasteiger partial charge in [0, 0.05) is 28.8 Å². The molecule has 10 nitrogen and oxygen atoms in total. The highest BCUT2D eigenvalue weighted by Crippen LogP contribution is 2.37. The number of carbonyl (C=O) groups excluding carboxylic acids is 2. The quantitative estimate of drug-likeness (QED) is 0.248. The van der Waals surface area contributed by atoms with Crippen molar-refractivity contribution >= 4 is 52.0 Å². The Morgan fingerprint density at radius 2 is 1.73 bits per heavy atom. The van der Waals surface area contributed by atoms with Gasteiger partial charge < -0.3 is 4.42 Å². The molecule has 166 valence electrons. The maximum atomic E-state index is 12.8. The Morgan fingerprint density at radius 1 is 1.00 bits per heavy atom. The first kappa shape index (κ1) is 22.2. The summed E-state index contributed by atoms with van der Waals surface area (Å²) < 4.78 is 5.64. The van der Waals surface area contributed by atoms with Gasteiger partial charge in [-0.1, -0.05) is 29.8 Å². The van der Waals surface area contributed by atoms with Gasteiger partial charge in [-0.3, -0.25) is 34.7 Å². The molecule has 1 aromatic heterocycles. The lowest BCUT2D eigenvalue weighted by atomic mass is 10.1. The molecular weight excluding hydrogens is 474 g/mol.